The highest BCUT2D eigenvalue weighted by molar-refractivity contribution is 7.94. The number of hydrogen-bond acceptors (Lipinski definition) is 6. The molecule has 1 aliphatic carbocycles. The van der Waals surface area contributed by atoms with Crippen molar-refractivity contribution in [2.24, 2.45) is 0 Å². The molecule has 0 radical (unpaired) electrons. The summed E-state index contributed by atoms with van der Waals surface area (Å²) >= 11 is 0. The molecule has 0 amide bonds. The lowest BCUT2D eigenvalue weighted by Gasteiger charge is -2.37. The number of benzene rings is 1. The number of nitrogen functional groups attached to an aromatic ring is 1. The normalized spacial score (nSPS) is 26.6. The van der Waals surface area contributed by atoms with Gasteiger partial charge in [-0.15, -0.1) is 0 Å². The van der Waals surface area contributed by atoms with Crippen molar-refractivity contribution in [1.82, 2.24) is 4.90 Å². The summed E-state index contributed by atoms with van der Waals surface area (Å²) in [6, 6.07) is 3.46. The molecule has 0 aromatic heterocycles. The van der Waals surface area contributed by atoms with Crippen LogP contribution in [0.5, 0.6) is 0 Å². The number of nitrogens with zero attached hydrogens (tertiary/aromatic N) is 3. The number of ketones is 1. The van der Waals surface area contributed by atoms with Crippen LogP contribution in [-0.2, 0) is 10.0 Å². The molecule has 1 saturated carbocycles. The number of anilines is 3. The summed E-state index contributed by atoms with van der Waals surface area (Å²) in [4.78, 5) is 17.0. The van der Waals surface area contributed by atoms with Crippen LogP contribution in [0, 0.1) is 0 Å². The van der Waals surface area contributed by atoms with Crippen LogP contribution in [0.2, 0.25) is 0 Å². The summed E-state index contributed by atoms with van der Waals surface area (Å²) in [5.41, 5.74) is 8.56. The van der Waals surface area contributed by atoms with Crippen molar-refractivity contribution in [1.29, 1.82) is 0 Å². The predicted octanol–water partition coefficient (Wildman–Crippen LogP) is 0.904. The molecule has 0 bridgehead atoms. The Morgan fingerprint density at radius 1 is 1.08 bits per heavy atom. The van der Waals surface area contributed by atoms with Crippen LogP contribution in [0.1, 0.15) is 30.1 Å². The number of hydrogen-bond donors (Lipinski definition) is 1. The van der Waals surface area contributed by atoms with E-state index in [1.54, 1.807) is 6.07 Å². The molecular weight excluding hydrogens is 340 g/mol. The fourth-order valence-electron chi connectivity index (χ4n) is 3.67. The van der Waals surface area contributed by atoms with Crippen LogP contribution >= 0.6 is 0 Å². The van der Waals surface area contributed by atoms with E-state index in [4.69, 9.17) is 5.73 Å². The van der Waals surface area contributed by atoms with Crippen LogP contribution in [0.3, 0.4) is 0 Å². The molecule has 4 rings (SSSR count). The third-order valence-electron chi connectivity index (χ3n) is 5.46. The van der Waals surface area contributed by atoms with Gasteiger partial charge >= 0.3 is 0 Å². The van der Waals surface area contributed by atoms with Gasteiger partial charge in [0.25, 0.3) is 0 Å². The van der Waals surface area contributed by atoms with Gasteiger partial charge in [-0.3, -0.25) is 9.10 Å². The highest BCUT2D eigenvalue weighted by atomic mass is 32.2. The average molecular weight is 364 g/mol. The van der Waals surface area contributed by atoms with Gasteiger partial charge in [0.1, 0.15) is 5.25 Å². The zero-order valence-electron chi connectivity index (χ0n) is 14.6. The Balaban J connectivity index is 1.82. The third kappa shape index (κ3) is 2.58. The van der Waals surface area contributed by atoms with Crippen LogP contribution in [0.15, 0.2) is 12.1 Å². The standard InChI is InChI=1S/C17H24N4O3S/c1-11-17(22)13-9-14(18)16(20-7-5-19(2)6-8-20)10-15(13)21(12-3-4-12)25(11,23)24/h9-12H,3-8,18H2,1-2H3. The van der Waals surface area contributed by atoms with Gasteiger partial charge in [0.15, 0.2) is 5.78 Å². The molecule has 2 N–H and O–H groups in total. The summed E-state index contributed by atoms with van der Waals surface area (Å²) in [5.74, 6) is -0.358. The molecule has 2 fully saturated rings. The summed E-state index contributed by atoms with van der Waals surface area (Å²) in [7, 11) is -1.58. The minimum atomic E-state index is -3.65. The number of carbonyl (C=O) groups excluding carboxylic acids is 1. The number of piperazine rings is 1. The van der Waals surface area contributed by atoms with Crippen LogP contribution in [0.25, 0.3) is 0 Å². The van der Waals surface area contributed by atoms with Gasteiger partial charge in [0.05, 0.1) is 17.1 Å². The van der Waals surface area contributed by atoms with E-state index in [2.05, 4.69) is 16.8 Å². The number of rotatable bonds is 2. The minimum Gasteiger partial charge on any atom is -0.397 e. The predicted molar refractivity (Wildman–Crippen MR) is 98.8 cm³/mol. The monoisotopic (exact) mass is 364 g/mol. The zero-order chi connectivity index (χ0) is 17.9. The lowest BCUT2D eigenvalue weighted by atomic mass is 10.0. The molecule has 0 spiro atoms. The van der Waals surface area contributed by atoms with Crippen LogP contribution < -0.4 is 14.9 Å². The first-order valence-corrected chi connectivity index (χ1v) is 10.3. The molecule has 1 unspecified atom stereocenters. The second-order valence-corrected chi connectivity index (χ2v) is 9.43. The van der Waals surface area contributed by atoms with Gasteiger partial charge in [-0.25, -0.2) is 8.42 Å². The number of fused-ring (bicyclic) bond motifs is 1. The third-order valence-corrected chi connectivity index (χ3v) is 7.61. The maximum atomic E-state index is 12.8. The van der Waals surface area contributed by atoms with Crippen molar-refractivity contribution in [3.63, 3.8) is 0 Å². The number of carbonyl (C=O) groups is 1. The number of Topliss-reactive ketones (excluding diaryl/α,β-unsaturated/α-hetero) is 1. The maximum absolute atomic E-state index is 12.8. The molecule has 8 heteroatoms. The van der Waals surface area contributed by atoms with Gasteiger partial charge in [0.2, 0.25) is 10.0 Å². The zero-order valence-corrected chi connectivity index (χ0v) is 15.4. The summed E-state index contributed by atoms with van der Waals surface area (Å²) in [5, 5.41) is -1.05. The van der Waals surface area contributed by atoms with E-state index in [0.29, 0.717) is 16.9 Å². The SMILES string of the molecule is CC1C(=O)c2cc(N)c(N3CCN(C)CC3)cc2N(C2CC2)S1(=O)=O. The lowest BCUT2D eigenvalue weighted by Crippen LogP contribution is -2.48. The molecule has 2 heterocycles. The van der Waals surface area contributed by atoms with E-state index < -0.39 is 15.3 Å². The van der Waals surface area contributed by atoms with Gasteiger partial charge in [-0.2, -0.15) is 0 Å². The van der Waals surface area contributed by atoms with E-state index in [1.165, 1.54) is 11.2 Å². The van der Waals surface area contributed by atoms with Gasteiger partial charge in [-0.05, 0) is 38.9 Å². The quantitative estimate of drug-likeness (QED) is 0.785. The molecule has 1 aromatic rings. The molecule has 1 saturated heterocycles. The first-order valence-electron chi connectivity index (χ1n) is 8.75. The molecular formula is C17H24N4O3S. The van der Waals surface area contributed by atoms with E-state index in [0.717, 1.165) is 44.7 Å². The first-order chi connectivity index (χ1) is 11.8. The van der Waals surface area contributed by atoms with Crippen LogP contribution in [-0.4, -0.2) is 63.6 Å². The van der Waals surface area contributed by atoms with Crippen molar-refractivity contribution >= 4 is 32.9 Å². The maximum Gasteiger partial charge on any atom is 0.245 e. The molecule has 3 aliphatic rings. The molecule has 25 heavy (non-hydrogen) atoms. The minimum absolute atomic E-state index is 0.0248. The van der Waals surface area contributed by atoms with Gasteiger partial charge in [0, 0.05) is 37.8 Å². The van der Waals surface area contributed by atoms with Crippen molar-refractivity contribution in [2.75, 3.05) is 48.2 Å². The molecule has 136 valence electrons. The topological polar surface area (TPSA) is 87.0 Å². The Labute approximate surface area is 148 Å². The number of nitrogens with two attached hydrogens (primary N) is 1. The highest BCUT2D eigenvalue weighted by Crippen LogP contribution is 2.44. The van der Waals surface area contributed by atoms with Crippen molar-refractivity contribution in [3.8, 4) is 0 Å². The Bertz CT molecular complexity index is 827. The van der Waals surface area contributed by atoms with Crippen molar-refractivity contribution in [2.45, 2.75) is 31.1 Å². The van der Waals surface area contributed by atoms with E-state index in [9.17, 15) is 13.2 Å². The summed E-state index contributed by atoms with van der Waals surface area (Å²) in [6.07, 6.45) is 1.68. The Kier molecular flexibility index (Phi) is 3.73. The van der Waals surface area contributed by atoms with Crippen molar-refractivity contribution < 1.29 is 13.2 Å². The molecule has 1 aromatic carbocycles. The largest absolute Gasteiger partial charge is 0.397 e. The Hall–Kier alpha value is -1.80. The molecule has 7 nitrogen and oxygen atoms in total. The highest BCUT2D eigenvalue weighted by Gasteiger charge is 2.48. The second kappa shape index (κ2) is 5.60. The van der Waals surface area contributed by atoms with E-state index >= 15 is 0 Å². The smallest absolute Gasteiger partial charge is 0.245 e. The van der Waals surface area contributed by atoms with Crippen molar-refractivity contribution in [3.05, 3.63) is 17.7 Å². The van der Waals surface area contributed by atoms with Crippen LogP contribution in [0.4, 0.5) is 17.1 Å². The van der Waals surface area contributed by atoms with Gasteiger partial charge in [-0.1, -0.05) is 0 Å². The average Bonchev–Trinajstić information content (AvgIpc) is 3.39. The van der Waals surface area contributed by atoms with E-state index in [1.807, 2.05) is 6.07 Å². The molecule has 2 aliphatic heterocycles. The number of likely N-dealkylation sites (N-methyl/N-ethyl adjacent to an activating group) is 1. The van der Waals surface area contributed by atoms with E-state index in [-0.39, 0.29) is 11.8 Å². The second-order valence-electron chi connectivity index (χ2n) is 7.30. The fourth-order valence-corrected chi connectivity index (χ4v) is 5.46. The van der Waals surface area contributed by atoms with Gasteiger partial charge < -0.3 is 15.5 Å². The molecule has 1 atom stereocenters. The summed E-state index contributed by atoms with van der Waals surface area (Å²) < 4.78 is 27.2. The lowest BCUT2D eigenvalue weighted by molar-refractivity contribution is 0.0990. The Morgan fingerprint density at radius 3 is 2.32 bits per heavy atom. The summed E-state index contributed by atoms with van der Waals surface area (Å²) in [6.45, 7) is 4.99. The Morgan fingerprint density at radius 2 is 1.72 bits per heavy atom. The first kappa shape index (κ1) is 16.7. The fraction of sp³-hybridized carbons (Fsp3) is 0.588. The number of sulfonamides is 1.